The van der Waals surface area contributed by atoms with E-state index in [1.807, 2.05) is 30.3 Å². The first kappa shape index (κ1) is 11.0. The minimum atomic E-state index is 0.463. The highest BCUT2D eigenvalue weighted by Crippen LogP contribution is 2.27. The van der Waals surface area contributed by atoms with Crippen molar-refractivity contribution >= 4 is 10.8 Å². The molecule has 2 radical (unpaired) electrons. The van der Waals surface area contributed by atoms with Gasteiger partial charge < -0.3 is 0 Å². The third kappa shape index (κ3) is 1.88. The Balaban J connectivity index is 2.33. The molecule has 0 saturated heterocycles. The molecule has 0 saturated carbocycles. The number of hydrogen-bond donors (Lipinski definition) is 0. The van der Waals surface area contributed by atoms with Gasteiger partial charge >= 0.3 is 0 Å². The van der Waals surface area contributed by atoms with Gasteiger partial charge in [0, 0.05) is 16.6 Å². The number of fused-ring (bicyclic) bond motifs is 1. The second-order valence-electron chi connectivity index (χ2n) is 4.25. The molecule has 0 atom stereocenters. The normalized spacial score (nSPS) is 10.7. The number of rotatable bonds is 2. The molecule has 0 spiro atoms. The molecule has 0 aliphatic carbocycles. The van der Waals surface area contributed by atoms with Gasteiger partial charge in [-0.25, -0.2) is 0 Å². The molecule has 18 heavy (non-hydrogen) atoms. The summed E-state index contributed by atoms with van der Waals surface area (Å²) >= 11 is 0. The van der Waals surface area contributed by atoms with Crippen molar-refractivity contribution in [1.29, 1.82) is 0 Å². The van der Waals surface area contributed by atoms with Crippen LogP contribution in [0.4, 0.5) is 0 Å². The third-order valence-corrected chi connectivity index (χ3v) is 3.05. The second-order valence-corrected chi connectivity index (χ2v) is 4.25. The standard InChI is InChI=1S/C17H13N/c1-2-15-12-14-10-6-7-11-16(14)17(18-15)13-8-4-3-5-9-13/h1,3-12H,2H2. The van der Waals surface area contributed by atoms with Crippen LogP contribution in [0, 0.1) is 6.92 Å². The molecule has 0 amide bonds. The van der Waals surface area contributed by atoms with E-state index in [4.69, 9.17) is 6.92 Å². The monoisotopic (exact) mass is 231 g/mol. The van der Waals surface area contributed by atoms with Crippen molar-refractivity contribution < 1.29 is 0 Å². The van der Waals surface area contributed by atoms with E-state index < -0.39 is 0 Å². The van der Waals surface area contributed by atoms with Crippen molar-refractivity contribution in [2.75, 3.05) is 0 Å². The summed E-state index contributed by atoms with van der Waals surface area (Å²) in [5.74, 6) is 0. The summed E-state index contributed by atoms with van der Waals surface area (Å²) in [5.41, 5.74) is 3.06. The van der Waals surface area contributed by atoms with Crippen LogP contribution < -0.4 is 0 Å². The molecule has 0 aliphatic heterocycles. The Morgan fingerprint density at radius 1 is 0.889 bits per heavy atom. The molecule has 0 aliphatic rings. The minimum Gasteiger partial charge on any atom is -0.252 e. The highest BCUT2D eigenvalue weighted by molar-refractivity contribution is 5.94. The Morgan fingerprint density at radius 2 is 1.61 bits per heavy atom. The molecule has 0 N–H and O–H groups in total. The fraction of sp³-hybridized carbons (Fsp3) is 0.0588. The molecular weight excluding hydrogens is 218 g/mol. The number of benzene rings is 2. The van der Waals surface area contributed by atoms with Crippen LogP contribution in [0.2, 0.25) is 0 Å². The lowest BCUT2D eigenvalue weighted by molar-refractivity contribution is 1.13. The van der Waals surface area contributed by atoms with Crippen molar-refractivity contribution in [2.45, 2.75) is 6.42 Å². The van der Waals surface area contributed by atoms with Crippen LogP contribution in [-0.2, 0) is 6.42 Å². The molecule has 1 nitrogen and oxygen atoms in total. The van der Waals surface area contributed by atoms with Crippen molar-refractivity contribution in [2.24, 2.45) is 0 Å². The molecule has 1 heteroatoms. The second kappa shape index (κ2) is 4.61. The fourth-order valence-electron chi connectivity index (χ4n) is 2.17. The van der Waals surface area contributed by atoms with E-state index in [9.17, 15) is 0 Å². The smallest absolute Gasteiger partial charge is 0.0783 e. The first-order valence-corrected chi connectivity index (χ1v) is 6.02. The third-order valence-electron chi connectivity index (χ3n) is 3.05. The first-order valence-electron chi connectivity index (χ1n) is 6.02. The van der Waals surface area contributed by atoms with Crippen molar-refractivity contribution in [1.82, 2.24) is 4.98 Å². The summed E-state index contributed by atoms with van der Waals surface area (Å²) in [6.45, 7) is 5.73. The summed E-state index contributed by atoms with van der Waals surface area (Å²) in [6, 6.07) is 20.6. The quantitative estimate of drug-likeness (QED) is 0.645. The van der Waals surface area contributed by atoms with E-state index in [-0.39, 0.29) is 0 Å². The van der Waals surface area contributed by atoms with Crippen LogP contribution in [0.25, 0.3) is 22.0 Å². The zero-order valence-electron chi connectivity index (χ0n) is 10.0. The zero-order chi connectivity index (χ0) is 12.4. The van der Waals surface area contributed by atoms with Crippen molar-refractivity contribution in [3.63, 3.8) is 0 Å². The van der Waals surface area contributed by atoms with Crippen LogP contribution in [0.15, 0.2) is 60.7 Å². The van der Waals surface area contributed by atoms with Crippen LogP contribution in [0.1, 0.15) is 5.69 Å². The summed E-state index contributed by atoms with van der Waals surface area (Å²) in [4.78, 5) is 4.66. The lowest BCUT2D eigenvalue weighted by Gasteiger charge is -2.08. The Kier molecular flexibility index (Phi) is 2.81. The summed E-state index contributed by atoms with van der Waals surface area (Å²) in [5, 5.41) is 2.35. The fourth-order valence-corrected chi connectivity index (χ4v) is 2.17. The molecule has 1 aromatic heterocycles. The highest BCUT2D eigenvalue weighted by atomic mass is 14.7. The maximum absolute atomic E-state index is 5.73. The number of aromatic nitrogens is 1. The van der Waals surface area contributed by atoms with E-state index in [0.29, 0.717) is 6.42 Å². The first-order chi connectivity index (χ1) is 8.88. The number of hydrogen-bond acceptors (Lipinski definition) is 1. The van der Waals surface area contributed by atoms with Crippen molar-refractivity contribution in [3.8, 4) is 11.3 Å². The molecule has 1 heterocycles. The van der Waals surface area contributed by atoms with Gasteiger partial charge in [0.15, 0.2) is 0 Å². The minimum absolute atomic E-state index is 0.463. The van der Waals surface area contributed by atoms with E-state index in [0.717, 1.165) is 17.0 Å². The molecule has 3 aromatic rings. The zero-order valence-corrected chi connectivity index (χ0v) is 10.0. The largest absolute Gasteiger partial charge is 0.252 e. The molecular formula is C17H13N. The average Bonchev–Trinajstić information content (AvgIpc) is 2.47. The summed E-state index contributed by atoms with van der Waals surface area (Å²) in [6.07, 6.45) is 0.463. The molecule has 2 aromatic carbocycles. The van der Waals surface area contributed by atoms with Crippen LogP contribution in [-0.4, -0.2) is 4.98 Å². The van der Waals surface area contributed by atoms with E-state index >= 15 is 0 Å². The molecule has 0 unspecified atom stereocenters. The van der Waals surface area contributed by atoms with Gasteiger partial charge in [0.05, 0.1) is 5.69 Å². The lowest BCUT2D eigenvalue weighted by atomic mass is 10.0. The predicted octanol–water partition coefficient (Wildman–Crippen LogP) is 4.16. The highest BCUT2D eigenvalue weighted by Gasteiger charge is 2.06. The molecule has 0 bridgehead atoms. The summed E-state index contributed by atoms with van der Waals surface area (Å²) < 4.78 is 0. The molecule has 3 rings (SSSR count). The molecule has 86 valence electrons. The van der Waals surface area contributed by atoms with E-state index in [1.54, 1.807) is 0 Å². The Labute approximate surface area is 107 Å². The van der Waals surface area contributed by atoms with Crippen LogP contribution >= 0.6 is 0 Å². The Morgan fingerprint density at radius 3 is 2.39 bits per heavy atom. The SMILES string of the molecule is [CH]Cc1cc2ccccc2c(-c2ccccc2)n1. The van der Waals surface area contributed by atoms with Gasteiger partial charge in [-0.2, -0.15) is 0 Å². The maximum Gasteiger partial charge on any atom is 0.0783 e. The van der Waals surface area contributed by atoms with Gasteiger partial charge in [-0.05, 0) is 24.8 Å². The van der Waals surface area contributed by atoms with Gasteiger partial charge in [0.2, 0.25) is 0 Å². The predicted molar refractivity (Wildman–Crippen MR) is 75.2 cm³/mol. The number of nitrogens with zero attached hydrogens (tertiary/aromatic N) is 1. The van der Waals surface area contributed by atoms with Crippen molar-refractivity contribution in [3.05, 3.63) is 73.3 Å². The molecule has 0 fully saturated rings. The Hall–Kier alpha value is -2.15. The maximum atomic E-state index is 5.73. The average molecular weight is 231 g/mol. The Bertz CT molecular complexity index is 672. The van der Waals surface area contributed by atoms with Gasteiger partial charge in [-0.1, -0.05) is 54.6 Å². The van der Waals surface area contributed by atoms with Gasteiger partial charge in [0.25, 0.3) is 0 Å². The van der Waals surface area contributed by atoms with Gasteiger partial charge in [-0.3, -0.25) is 4.98 Å². The van der Waals surface area contributed by atoms with E-state index in [1.165, 1.54) is 10.8 Å². The number of pyridine rings is 1. The van der Waals surface area contributed by atoms with E-state index in [2.05, 4.69) is 35.3 Å². The van der Waals surface area contributed by atoms with Crippen LogP contribution in [0.5, 0.6) is 0 Å². The van der Waals surface area contributed by atoms with Gasteiger partial charge in [0.1, 0.15) is 0 Å². The summed E-state index contributed by atoms with van der Waals surface area (Å²) in [7, 11) is 0. The van der Waals surface area contributed by atoms with Gasteiger partial charge in [-0.15, -0.1) is 0 Å². The van der Waals surface area contributed by atoms with Crippen LogP contribution in [0.3, 0.4) is 0 Å². The topological polar surface area (TPSA) is 12.9 Å². The lowest BCUT2D eigenvalue weighted by Crippen LogP contribution is -1.92.